The number of nitrogens with one attached hydrogen (secondary N) is 1. The molecular weight excluding hydrogens is 222 g/mol. The van der Waals surface area contributed by atoms with Crippen molar-refractivity contribution < 1.29 is 19.4 Å². The van der Waals surface area contributed by atoms with Crippen molar-refractivity contribution in [3.05, 3.63) is 48.2 Å². The average molecular weight is 235 g/mol. The minimum Gasteiger partial charge on any atom is -0.477 e. The molecule has 0 saturated heterocycles. The largest absolute Gasteiger partial charge is 0.477 e. The summed E-state index contributed by atoms with van der Waals surface area (Å²) in [7, 11) is 1.38. The molecule has 0 heterocycles. The van der Waals surface area contributed by atoms with Crippen molar-refractivity contribution in [2.24, 2.45) is 0 Å². The molecule has 0 aromatic heterocycles. The maximum Gasteiger partial charge on any atom is 0.351 e. The van der Waals surface area contributed by atoms with Crippen LogP contribution in [0.5, 0.6) is 0 Å². The van der Waals surface area contributed by atoms with Crippen LogP contribution in [0.1, 0.15) is 11.7 Å². The summed E-state index contributed by atoms with van der Waals surface area (Å²) in [5.41, 5.74) is 0.263. The monoisotopic (exact) mass is 235 g/mol. The van der Waals surface area contributed by atoms with Gasteiger partial charge in [-0.05, 0) is 5.56 Å². The van der Waals surface area contributed by atoms with E-state index in [0.29, 0.717) is 5.56 Å². The third-order valence-corrected chi connectivity index (χ3v) is 2.11. The number of amides is 1. The van der Waals surface area contributed by atoms with Gasteiger partial charge in [0.05, 0.1) is 0 Å². The lowest BCUT2D eigenvalue weighted by Crippen LogP contribution is -2.32. The predicted molar refractivity (Wildman–Crippen MR) is 61.1 cm³/mol. The van der Waals surface area contributed by atoms with E-state index in [1.54, 1.807) is 24.3 Å². The maximum absolute atomic E-state index is 11.7. The second kappa shape index (κ2) is 5.81. The number of hydrogen-bond donors (Lipinski definition) is 2. The minimum atomic E-state index is -1.28. The number of ether oxygens (including phenoxy) is 1. The van der Waals surface area contributed by atoms with Gasteiger partial charge in [-0.1, -0.05) is 36.9 Å². The summed E-state index contributed by atoms with van der Waals surface area (Å²) in [6.07, 6.45) is -0.854. The lowest BCUT2D eigenvalue weighted by atomic mass is 10.1. The molecule has 0 fully saturated rings. The minimum absolute atomic E-state index is 0.381. The van der Waals surface area contributed by atoms with Crippen LogP contribution in [-0.2, 0) is 14.3 Å². The zero-order valence-electron chi connectivity index (χ0n) is 9.34. The topological polar surface area (TPSA) is 75.6 Å². The van der Waals surface area contributed by atoms with Gasteiger partial charge in [-0.2, -0.15) is 0 Å². The van der Waals surface area contributed by atoms with Crippen molar-refractivity contribution in [1.29, 1.82) is 0 Å². The van der Waals surface area contributed by atoms with Crippen LogP contribution in [-0.4, -0.2) is 24.1 Å². The van der Waals surface area contributed by atoms with Crippen LogP contribution in [0.2, 0.25) is 0 Å². The van der Waals surface area contributed by atoms with Crippen LogP contribution in [0, 0.1) is 0 Å². The number of carboxylic acids is 1. The highest BCUT2D eigenvalue weighted by atomic mass is 16.5. The van der Waals surface area contributed by atoms with E-state index in [1.807, 2.05) is 6.07 Å². The van der Waals surface area contributed by atoms with Crippen molar-refractivity contribution in [3.63, 3.8) is 0 Å². The summed E-state index contributed by atoms with van der Waals surface area (Å²) in [5.74, 6) is -1.84. The molecular formula is C12H13NO4. The third-order valence-electron chi connectivity index (χ3n) is 2.11. The molecule has 17 heavy (non-hydrogen) atoms. The molecule has 2 N–H and O–H groups in total. The Kier molecular flexibility index (Phi) is 4.42. The Morgan fingerprint density at radius 3 is 2.41 bits per heavy atom. The Balaban J connectivity index is 2.79. The second-order valence-corrected chi connectivity index (χ2v) is 3.30. The molecule has 90 valence electrons. The molecule has 0 saturated carbocycles. The molecule has 0 radical (unpaired) electrons. The zero-order chi connectivity index (χ0) is 12.8. The highest BCUT2D eigenvalue weighted by Gasteiger charge is 2.21. The average Bonchev–Trinajstić information content (AvgIpc) is 2.31. The van der Waals surface area contributed by atoms with Crippen LogP contribution in [0.4, 0.5) is 0 Å². The van der Waals surface area contributed by atoms with Crippen LogP contribution in [0.25, 0.3) is 0 Å². The molecule has 5 nitrogen and oxygen atoms in total. The molecule has 1 unspecified atom stereocenters. The summed E-state index contributed by atoms with van der Waals surface area (Å²) in [6.45, 7) is 3.22. The van der Waals surface area contributed by atoms with E-state index >= 15 is 0 Å². The van der Waals surface area contributed by atoms with Gasteiger partial charge in [0, 0.05) is 7.11 Å². The molecule has 1 atom stereocenters. The summed E-state index contributed by atoms with van der Waals surface area (Å²) in [6, 6.07) is 8.78. The Morgan fingerprint density at radius 1 is 1.35 bits per heavy atom. The molecule has 5 heteroatoms. The quantitative estimate of drug-likeness (QED) is 0.749. The van der Waals surface area contributed by atoms with E-state index < -0.39 is 18.0 Å². The summed E-state index contributed by atoms with van der Waals surface area (Å²) in [5, 5.41) is 10.8. The molecule has 0 bridgehead atoms. The summed E-state index contributed by atoms with van der Waals surface area (Å²) in [4.78, 5) is 22.3. The summed E-state index contributed by atoms with van der Waals surface area (Å²) >= 11 is 0. The van der Waals surface area contributed by atoms with Gasteiger partial charge in [-0.15, -0.1) is 0 Å². The van der Waals surface area contributed by atoms with Gasteiger partial charge in [-0.3, -0.25) is 4.79 Å². The Morgan fingerprint density at radius 2 is 1.94 bits per heavy atom. The number of hydrogen-bond acceptors (Lipinski definition) is 3. The van der Waals surface area contributed by atoms with Crippen LogP contribution in [0.3, 0.4) is 0 Å². The summed E-state index contributed by atoms with van der Waals surface area (Å²) < 4.78 is 5.03. The lowest BCUT2D eigenvalue weighted by Gasteiger charge is -2.15. The molecule has 0 spiro atoms. The Labute approximate surface area is 98.7 Å². The first-order chi connectivity index (χ1) is 8.06. The molecule has 0 aliphatic rings. The first kappa shape index (κ1) is 12.9. The number of aliphatic carboxylic acids is 1. The van der Waals surface area contributed by atoms with Gasteiger partial charge in [0.1, 0.15) is 5.70 Å². The molecule has 0 aliphatic heterocycles. The smallest absolute Gasteiger partial charge is 0.351 e. The Bertz CT molecular complexity index is 427. The van der Waals surface area contributed by atoms with E-state index in [-0.39, 0.29) is 5.70 Å². The van der Waals surface area contributed by atoms with Crippen LogP contribution >= 0.6 is 0 Å². The van der Waals surface area contributed by atoms with Gasteiger partial charge in [0.15, 0.2) is 6.10 Å². The number of carbonyl (C=O) groups excluding carboxylic acids is 1. The fourth-order valence-electron chi connectivity index (χ4n) is 1.29. The fourth-order valence-corrected chi connectivity index (χ4v) is 1.29. The zero-order valence-corrected chi connectivity index (χ0v) is 9.34. The highest BCUT2D eigenvalue weighted by Crippen LogP contribution is 2.16. The van der Waals surface area contributed by atoms with Crippen molar-refractivity contribution in [3.8, 4) is 0 Å². The van der Waals surface area contributed by atoms with Crippen molar-refractivity contribution >= 4 is 11.9 Å². The standard InChI is InChI=1S/C12H13NO4/c1-8(12(15)16)13-11(14)10(17-2)9-6-4-3-5-7-9/h3-7,10H,1H2,2H3,(H,13,14)(H,15,16). The van der Waals surface area contributed by atoms with Crippen molar-refractivity contribution in [2.75, 3.05) is 7.11 Å². The number of rotatable bonds is 5. The molecule has 1 amide bonds. The third kappa shape index (κ3) is 3.42. The van der Waals surface area contributed by atoms with E-state index in [2.05, 4.69) is 11.9 Å². The van der Waals surface area contributed by atoms with Crippen LogP contribution in [0.15, 0.2) is 42.6 Å². The Hall–Kier alpha value is -2.14. The highest BCUT2D eigenvalue weighted by molar-refractivity contribution is 5.93. The fraction of sp³-hybridized carbons (Fsp3) is 0.167. The lowest BCUT2D eigenvalue weighted by molar-refractivity contribution is -0.137. The number of benzene rings is 1. The van der Waals surface area contributed by atoms with Crippen molar-refractivity contribution in [2.45, 2.75) is 6.10 Å². The first-order valence-electron chi connectivity index (χ1n) is 4.87. The molecule has 1 aromatic rings. The van der Waals surface area contributed by atoms with Crippen LogP contribution < -0.4 is 5.32 Å². The molecule has 1 rings (SSSR count). The SMILES string of the molecule is C=C(NC(=O)C(OC)c1ccccc1)C(=O)O. The predicted octanol–water partition coefficient (Wildman–Crippen LogP) is 1.09. The van der Waals surface area contributed by atoms with Gasteiger partial charge in [0.25, 0.3) is 5.91 Å². The maximum atomic E-state index is 11.7. The number of carbonyl (C=O) groups is 2. The van der Waals surface area contributed by atoms with Gasteiger partial charge >= 0.3 is 5.97 Å². The van der Waals surface area contributed by atoms with Crippen molar-refractivity contribution in [1.82, 2.24) is 5.32 Å². The molecule has 0 aliphatic carbocycles. The van der Waals surface area contributed by atoms with Gasteiger partial charge in [-0.25, -0.2) is 4.79 Å². The normalized spacial score (nSPS) is 11.6. The first-order valence-corrected chi connectivity index (χ1v) is 4.87. The van der Waals surface area contributed by atoms with Gasteiger partial charge in [0.2, 0.25) is 0 Å². The van der Waals surface area contributed by atoms with E-state index in [0.717, 1.165) is 0 Å². The molecule has 1 aromatic carbocycles. The number of carboxylic acid groups (broad SMARTS) is 1. The van der Waals surface area contributed by atoms with E-state index in [4.69, 9.17) is 9.84 Å². The van der Waals surface area contributed by atoms with E-state index in [9.17, 15) is 9.59 Å². The number of methoxy groups -OCH3 is 1. The second-order valence-electron chi connectivity index (χ2n) is 3.30. The van der Waals surface area contributed by atoms with E-state index in [1.165, 1.54) is 7.11 Å². The van der Waals surface area contributed by atoms with Gasteiger partial charge < -0.3 is 15.2 Å².